The van der Waals surface area contributed by atoms with Crippen LogP contribution in [0.5, 0.6) is 0 Å². The molecule has 0 aromatic heterocycles. The van der Waals surface area contributed by atoms with E-state index in [4.69, 9.17) is 5.26 Å². The van der Waals surface area contributed by atoms with Crippen LogP contribution >= 0.6 is 0 Å². The second kappa shape index (κ2) is 3.93. The smallest absolute Gasteiger partial charge is 0.170 e. The predicted molar refractivity (Wildman–Crippen MR) is 56.0 cm³/mol. The fourth-order valence-electron chi connectivity index (χ4n) is 1.55. The van der Waals surface area contributed by atoms with Crippen molar-refractivity contribution < 1.29 is 4.79 Å². The molecule has 4 heteroatoms. The number of hydrogen-bond acceptors (Lipinski definition) is 4. The maximum Gasteiger partial charge on any atom is 0.170 e. The average molecular weight is 199 g/mol. The van der Waals surface area contributed by atoms with Crippen LogP contribution < -0.4 is 5.32 Å². The molecule has 2 rings (SSSR count). The molecule has 0 atom stereocenters. The van der Waals surface area contributed by atoms with Crippen LogP contribution in [0.4, 0.5) is 0 Å². The number of hydrogen-bond donors (Lipinski definition) is 1. The molecule has 0 bridgehead atoms. The van der Waals surface area contributed by atoms with E-state index in [2.05, 4.69) is 10.3 Å². The van der Waals surface area contributed by atoms with Crippen molar-refractivity contribution in [1.82, 2.24) is 5.32 Å². The van der Waals surface area contributed by atoms with E-state index < -0.39 is 0 Å². The highest BCUT2D eigenvalue weighted by molar-refractivity contribution is 6.04. The number of allylic oxidation sites excluding steroid dienone is 5. The third-order valence-corrected chi connectivity index (χ3v) is 2.23. The van der Waals surface area contributed by atoms with Gasteiger partial charge in [-0.3, -0.25) is 9.79 Å². The van der Waals surface area contributed by atoms with Crippen LogP contribution in [0.1, 0.15) is 6.42 Å². The maximum atomic E-state index is 11.7. The number of nitrogens with one attached hydrogen (secondary N) is 1. The molecule has 0 saturated carbocycles. The second-order valence-corrected chi connectivity index (χ2v) is 3.18. The molecule has 1 heterocycles. The third kappa shape index (κ3) is 1.72. The van der Waals surface area contributed by atoms with Gasteiger partial charge in [0.25, 0.3) is 0 Å². The first-order valence-corrected chi connectivity index (χ1v) is 4.61. The lowest BCUT2D eigenvalue weighted by molar-refractivity contribution is -0.114. The van der Waals surface area contributed by atoms with Gasteiger partial charge in [-0.15, -0.1) is 0 Å². The monoisotopic (exact) mass is 199 g/mol. The molecule has 15 heavy (non-hydrogen) atoms. The van der Waals surface area contributed by atoms with Gasteiger partial charge in [-0.25, -0.2) is 0 Å². The van der Waals surface area contributed by atoms with Crippen LogP contribution in [0.25, 0.3) is 0 Å². The molecule has 0 spiro atoms. The molecule has 0 saturated heterocycles. The Hall–Kier alpha value is -2.15. The first-order chi connectivity index (χ1) is 7.33. The Morgan fingerprint density at radius 1 is 1.53 bits per heavy atom. The van der Waals surface area contributed by atoms with E-state index in [9.17, 15) is 4.79 Å². The van der Waals surface area contributed by atoms with Gasteiger partial charge in [-0.05, 0) is 12.2 Å². The quantitative estimate of drug-likeness (QED) is 0.680. The molecule has 1 aliphatic heterocycles. The summed E-state index contributed by atoms with van der Waals surface area (Å²) in [5.41, 5.74) is 1.59. The zero-order valence-corrected chi connectivity index (χ0v) is 8.03. The number of rotatable bonds is 1. The predicted octanol–water partition coefficient (Wildman–Crippen LogP) is 0.851. The van der Waals surface area contributed by atoms with Crippen LogP contribution in [0.3, 0.4) is 0 Å². The average Bonchev–Trinajstić information content (AvgIpc) is 2.29. The minimum absolute atomic E-state index is 0.0249. The first-order valence-electron chi connectivity index (χ1n) is 4.61. The molecule has 1 N–H and O–H groups in total. The van der Waals surface area contributed by atoms with Gasteiger partial charge in [0.2, 0.25) is 0 Å². The fraction of sp³-hybridized carbons (Fsp3) is 0.182. The largest absolute Gasteiger partial charge is 0.366 e. The molecule has 0 radical (unpaired) electrons. The summed E-state index contributed by atoms with van der Waals surface area (Å²) in [6, 6.07) is 2.03. The van der Waals surface area contributed by atoms with Crippen LogP contribution in [0.15, 0.2) is 40.1 Å². The normalized spacial score (nSPS) is 19.7. The molecule has 0 amide bonds. The van der Waals surface area contributed by atoms with Crippen molar-refractivity contribution in [3.05, 3.63) is 35.1 Å². The molecule has 1 aliphatic carbocycles. The Morgan fingerprint density at radius 2 is 2.40 bits per heavy atom. The van der Waals surface area contributed by atoms with Crippen molar-refractivity contribution in [2.75, 3.05) is 6.67 Å². The third-order valence-electron chi connectivity index (χ3n) is 2.23. The lowest BCUT2D eigenvalue weighted by Gasteiger charge is -2.16. The zero-order valence-electron chi connectivity index (χ0n) is 8.03. The Balaban J connectivity index is 2.48. The highest BCUT2D eigenvalue weighted by Crippen LogP contribution is 2.21. The van der Waals surface area contributed by atoms with Crippen LogP contribution in [-0.2, 0) is 4.79 Å². The summed E-state index contributed by atoms with van der Waals surface area (Å²) in [4.78, 5) is 15.6. The number of carbonyl (C=O) groups is 1. The van der Waals surface area contributed by atoms with Crippen LogP contribution in [0.2, 0.25) is 0 Å². The number of nitrogens with zero attached hydrogens (tertiary/aromatic N) is 2. The van der Waals surface area contributed by atoms with Crippen molar-refractivity contribution in [1.29, 1.82) is 5.26 Å². The first kappa shape index (κ1) is 9.41. The summed E-state index contributed by atoms with van der Waals surface area (Å²) in [6.07, 6.45) is 7.11. The van der Waals surface area contributed by atoms with E-state index in [1.165, 1.54) is 0 Å². The molecular formula is C11H9N3O. The minimum atomic E-state index is -0.0249. The molecule has 2 aliphatic rings. The summed E-state index contributed by atoms with van der Waals surface area (Å²) in [5, 5.41) is 11.9. The molecule has 0 aromatic rings. The number of Topliss-reactive ketones (excluding diaryl/α,β-unsaturated/α-hetero) is 1. The molecule has 4 nitrogen and oxygen atoms in total. The molecule has 0 unspecified atom stereocenters. The van der Waals surface area contributed by atoms with Crippen molar-refractivity contribution in [2.24, 2.45) is 4.99 Å². The number of aliphatic imine (C=N–C) groups is 1. The molecular weight excluding hydrogens is 190 g/mol. The van der Waals surface area contributed by atoms with Crippen molar-refractivity contribution >= 4 is 12.0 Å². The summed E-state index contributed by atoms with van der Waals surface area (Å²) >= 11 is 0. The van der Waals surface area contributed by atoms with E-state index >= 15 is 0 Å². The highest BCUT2D eigenvalue weighted by Gasteiger charge is 2.20. The highest BCUT2D eigenvalue weighted by atomic mass is 16.1. The summed E-state index contributed by atoms with van der Waals surface area (Å²) in [5.74, 6) is -0.0249. The van der Waals surface area contributed by atoms with Gasteiger partial charge >= 0.3 is 0 Å². The summed E-state index contributed by atoms with van der Waals surface area (Å²) in [7, 11) is 0. The topological polar surface area (TPSA) is 65.2 Å². The van der Waals surface area contributed by atoms with E-state index in [0.717, 1.165) is 0 Å². The van der Waals surface area contributed by atoms with Gasteiger partial charge in [0.1, 0.15) is 6.67 Å². The van der Waals surface area contributed by atoms with Gasteiger partial charge in [0, 0.05) is 18.3 Å². The molecule has 0 aromatic carbocycles. The van der Waals surface area contributed by atoms with Gasteiger partial charge in [0.15, 0.2) is 5.78 Å². The lowest BCUT2D eigenvalue weighted by atomic mass is 9.94. The lowest BCUT2D eigenvalue weighted by Crippen LogP contribution is -2.23. The second-order valence-electron chi connectivity index (χ2n) is 3.18. The van der Waals surface area contributed by atoms with Crippen molar-refractivity contribution in [2.45, 2.75) is 6.42 Å². The Bertz CT molecular complexity index is 461. The van der Waals surface area contributed by atoms with Gasteiger partial charge in [0.05, 0.1) is 17.2 Å². The summed E-state index contributed by atoms with van der Waals surface area (Å²) < 4.78 is 0. The van der Waals surface area contributed by atoms with E-state index in [0.29, 0.717) is 29.9 Å². The Kier molecular flexibility index (Phi) is 2.46. The van der Waals surface area contributed by atoms with Gasteiger partial charge in [-0.2, -0.15) is 5.26 Å². The fourth-order valence-corrected chi connectivity index (χ4v) is 1.55. The van der Waals surface area contributed by atoms with E-state index in [1.54, 1.807) is 24.4 Å². The SMILES string of the molecule is N#CC1=C(C2=CC=NCN2)C(=O)CC=C1. The molecule has 74 valence electrons. The summed E-state index contributed by atoms with van der Waals surface area (Å²) in [6.45, 7) is 0.449. The molecule has 0 fully saturated rings. The Labute approximate surface area is 87.3 Å². The standard InChI is InChI=1S/C11H9N3O/c12-6-8-2-1-3-10(15)11(8)9-4-5-13-7-14-9/h1-2,4-5,14H,3,7H2. The maximum absolute atomic E-state index is 11.7. The van der Waals surface area contributed by atoms with Crippen molar-refractivity contribution in [3.63, 3.8) is 0 Å². The number of nitriles is 1. The Morgan fingerprint density at radius 3 is 3.07 bits per heavy atom. The van der Waals surface area contributed by atoms with Crippen molar-refractivity contribution in [3.8, 4) is 6.07 Å². The van der Waals surface area contributed by atoms with E-state index in [1.807, 2.05) is 6.07 Å². The van der Waals surface area contributed by atoms with Crippen LogP contribution in [-0.4, -0.2) is 18.7 Å². The van der Waals surface area contributed by atoms with E-state index in [-0.39, 0.29) is 5.78 Å². The zero-order chi connectivity index (χ0) is 10.7. The van der Waals surface area contributed by atoms with Gasteiger partial charge in [-0.1, -0.05) is 6.08 Å². The van der Waals surface area contributed by atoms with Gasteiger partial charge < -0.3 is 5.32 Å². The van der Waals surface area contributed by atoms with Crippen LogP contribution in [0, 0.1) is 11.3 Å². The minimum Gasteiger partial charge on any atom is -0.366 e. The number of ketones is 1. The number of carbonyl (C=O) groups excluding carboxylic acids is 1.